The van der Waals surface area contributed by atoms with Crippen LogP contribution in [0.25, 0.3) is 0 Å². The molecule has 6 N–H and O–H groups in total. The van der Waals surface area contributed by atoms with Gasteiger partial charge in [0.25, 0.3) is 0 Å². The zero-order valence-electron chi connectivity index (χ0n) is 74.1. The summed E-state index contributed by atoms with van der Waals surface area (Å²) in [7, 11) is 11.3. The molecule has 18 atom stereocenters. The summed E-state index contributed by atoms with van der Waals surface area (Å²) in [6.45, 7) is 16.7. The van der Waals surface area contributed by atoms with Crippen molar-refractivity contribution in [1.82, 2.24) is 91.7 Å². The van der Waals surface area contributed by atoms with Crippen molar-refractivity contribution in [2.24, 2.45) is 46.3 Å². The number of thiazole rings is 1. The van der Waals surface area contributed by atoms with Crippen LogP contribution in [0.1, 0.15) is 253 Å². The average Bonchev–Trinajstić information content (AvgIpc) is 1.66. The summed E-state index contributed by atoms with van der Waals surface area (Å²) in [5, 5.41) is 36.7. The number of aryl methyl sites for hydroxylation is 2. The van der Waals surface area contributed by atoms with E-state index in [2.05, 4.69) is 146 Å². The van der Waals surface area contributed by atoms with Crippen molar-refractivity contribution >= 4 is 58.1 Å². The van der Waals surface area contributed by atoms with E-state index < -0.39 is 0 Å². The number of likely N-dealkylation sites (tertiary alicyclic amines) is 6. The molecule has 28 heteroatoms. The van der Waals surface area contributed by atoms with Gasteiger partial charge in [-0.25, -0.2) is 9.97 Å². The summed E-state index contributed by atoms with van der Waals surface area (Å²) in [4.78, 5) is 98.8. The Kier molecular flexibility index (Phi) is 31.9. The van der Waals surface area contributed by atoms with Crippen molar-refractivity contribution < 1.29 is 37.6 Å². The monoisotopic (exact) mass is 1690 g/mol. The average molecular weight is 1690 g/mol. The maximum absolute atomic E-state index is 12.9. The molecule has 18 rings (SSSR count). The van der Waals surface area contributed by atoms with Crippen molar-refractivity contribution in [1.29, 1.82) is 0 Å². The molecule has 10 heterocycles. The SMILES string of the molecule is CNC1CCC2CCCC2N(CC2=CC(C)(C)C=C2)C1=O.CNC1CCC2CCCC2N(CC2=CC=CC2(C)C)C1=O.CNC1CCC2CCCC2N(Cc2cnc(C)o2)C1=O.CNC1CCC2CCCC2N(Cc2cnc(C)s2)C1=O.CNC1CCC2CCCC2N(Cc2nnco2)C1=O.CNC1CCC2CCCC2N(Cc2nncs2)C1=O. The number of amides is 6. The van der Waals surface area contributed by atoms with Crippen LogP contribution in [0.15, 0.2) is 80.7 Å². The second-order valence-corrected chi connectivity index (χ2v) is 40.1. The Morgan fingerprint density at radius 2 is 0.817 bits per heavy atom. The van der Waals surface area contributed by atoms with Crippen LogP contribution < -0.4 is 31.9 Å². The zero-order chi connectivity index (χ0) is 84.8. The van der Waals surface area contributed by atoms with E-state index in [9.17, 15) is 28.8 Å². The van der Waals surface area contributed by atoms with Gasteiger partial charge in [0.2, 0.25) is 47.7 Å². The van der Waals surface area contributed by atoms with E-state index in [0.717, 1.165) is 112 Å². The molecule has 6 aliphatic heterocycles. The number of oxazole rings is 1. The Bertz CT molecular complexity index is 3970. The highest BCUT2D eigenvalue weighted by Crippen LogP contribution is 2.45. The number of carbonyl (C=O) groups excluding carboxylic acids is 6. The second kappa shape index (κ2) is 42.2. The van der Waals surface area contributed by atoms with E-state index in [-0.39, 0.29) is 70.7 Å². The van der Waals surface area contributed by atoms with Crippen molar-refractivity contribution in [3.05, 3.63) is 104 Å². The third kappa shape index (κ3) is 22.0. The molecule has 26 nitrogen and oxygen atoms in total. The molecule has 0 radical (unpaired) electrons. The third-order valence-corrected chi connectivity index (χ3v) is 31.3. The first kappa shape index (κ1) is 90.8. The van der Waals surface area contributed by atoms with Gasteiger partial charge < -0.3 is 70.1 Å². The van der Waals surface area contributed by atoms with Crippen LogP contribution in [-0.4, -0.2) is 223 Å². The van der Waals surface area contributed by atoms with Gasteiger partial charge in [0, 0.05) is 78.2 Å². The quantitative estimate of drug-likeness (QED) is 0.0539. The first-order valence-corrected chi connectivity index (χ1v) is 47.7. The Balaban J connectivity index is 0.000000125. The van der Waals surface area contributed by atoms with Crippen molar-refractivity contribution in [3.8, 4) is 0 Å². The van der Waals surface area contributed by atoms with E-state index in [1.165, 1.54) is 149 Å². The number of hydrogen-bond acceptors (Lipinski definition) is 22. The molecule has 0 bridgehead atoms. The second-order valence-electron chi connectivity index (χ2n) is 37.9. The summed E-state index contributed by atoms with van der Waals surface area (Å²) in [5.74, 6) is 7.61. The van der Waals surface area contributed by atoms with Crippen LogP contribution in [0.3, 0.4) is 0 Å². The highest BCUT2D eigenvalue weighted by molar-refractivity contribution is 7.11. The summed E-state index contributed by atoms with van der Waals surface area (Å²) in [6, 6.07) is 2.37. The standard InChI is InChI=1S/2C18H28N2O.C15H23N3O2.C15H23N3OS.C13H20N4O2.C13H20N4OS/c1-18(2)11-5-7-14(18)12-20-16-8-4-6-13(16)9-10-15(19-3)17(20)21;1-18(2)10-9-13(11-18)12-20-16-6-4-5-14(16)7-8-15(19-3)17(20)21;2*1-10-17-8-12(20-10)9-18-14-5-3-4-11(14)6-7-13(16-2)15(18)19;2*1-14-10-6-5-9-3-2-4-11(9)17(13(10)18)7-12-16-15-8-19-12/h5,7,11,13,15-16,19H,4,6,8-10,12H2,1-3H3;9-11,14-16,19H,4-8,12H2,1-3H3;2*8,11,13-14,16H,3-7,9H2,1-2H3;2*8-11,14H,2-7H2,1H3. The van der Waals surface area contributed by atoms with Crippen molar-refractivity contribution in [2.75, 3.05) is 55.4 Å². The van der Waals surface area contributed by atoms with E-state index in [1.54, 1.807) is 23.0 Å². The van der Waals surface area contributed by atoms with Gasteiger partial charge in [-0.1, -0.05) is 103 Å². The Hall–Kier alpha value is -6.92. The molecule has 6 saturated carbocycles. The van der Waals surface area contributed by atoms with Gasteiger partial charge in [0.15, 0.2) is 5.89 Å². The first-order valence-electron chi connectivity index (χ1n) is 46.0. The summed E-state index contributed by atoms with van der Waals surface area (Å²) in [6.07, 6.45) is 53.2. The number of hydrogen-bond donors (Lipinski definition) is 6. The molecular formula is C92H142N18O8S2. The largest absolute Gasteiger partial charge is 0.444 e. The fourth-order valence-electron chi connectivity index (χ4n) is 23.0. The summed E-state index contributed by atoms with van der Waals surface area (Å²) in [5.41, 5.74) is 4.64. The van der Waals surface area contributed by atoms with Crippen LogP contribution in [0, 0.1) is 60.2 Å². The van der Waals surface area contributed by atoms with Crippen LogP contribution in [0.4, 0.5) is 0 Å². The van der Waals surface area contributed by atoms with Crippen molar-refractivity contribution in [3.63, 3.8) is 0 Å². The Labute approximate surface area is 722 Å². The van der Waals surface area contributed by atoms with Gasteiger partial charge >= 0.3 is 0 Å². The lowest BCUT2D eigenvalue weighted by Crippen LogP contribution is -2.49. The topological polar surface area (TPSA) is 298 Å². The Morgan fingerprint density at radius 1 is 0.425 bits per heavy atom. The number of carbonyl (C=O) groups is 6. The smallest absolute Gasteiger partial charge is 0.240 e. The highest BCUT2D eigenvalue weighted by Gasteiger charge is 2.48. The van der Waals surface area contributed by atoms with E-state index in [0.29, 0.717) is 115 Å². The molecule has 18 unspecified atom stereocenters. The lowest BCUT2D eigenvalue weighted by Gasteiger charge is -2.35. The number of allylic oxidation sites excluding steroid dienone is 5. The third-order valence-electron chi connectivity index (χ3n) is 29.7. The first-order chi connectivity index (χ1) is 58.0. The fraction of sp³-hybridized carbons (Fsp3) is 0.739. The number of nitrogens with one attached hydrogen (secondary N) is 6. The molecule has 8 aliphatic carbocycles. The summed E-state index contributed by atoms with van der Waals surface area (Å²) < 4.78 is 10.8. The normalized spacial score (nSPS) is 32.2. The minimum absolute atomic E-state index is 0.00498. The zero-order valence-corrected chi connectivity index (χ0v) is 75.7. The van der Waals surface area contributed by atoms with E-state index in [4.69, 9.17) is 8.83 Å². The summed E-state index contributed by atoms with van der Waals surface area (Å²) >= 11 is 3.24. The molecular weight excluding hydrogens is 1550 g/mol. The predicted molar refractivity (Wildman–Crippen MR) is 469 cm³/mol. The molecule has 0 spiro atoms. The number of nitrogens with zero attached hydrogens (tertiary/aromatic N) is 12. The predicted octanol–water partition coefficient (Wildman–Crippen LogP) is 12.3. The molecule has 0 aromatic carbocycles. The number of likely N-dealkylation sites (N-methyl/N-ethyl adjacent to an activating group) is 6. The number of aromatic nitrogens is 6. The minimum Gasteiger partial charge on any atom is -0.444 e. The number of fused-ring (bicyclic) bond motifs is 6. The lowest BCUT2D eigenvalue weighted by atomic mass is 9.86. The van der Waals surface area contributed by atoms with Crippen LogP contribution in [0.2, 0.25) is 0 Å². The van der Waals surface area contributed by atoms with Crippen LogP contribution in [-0.2, 0) is 54.9 Å². The van der Waals surface area contributed by atoms with Gasteiger partial charge in [-0.2, -0.15) is 0 Å². The fourth-order valence-corrected chi connectivity index (χ4v) is 24.4. The van der Waals surface area contributed by atoms with Gasteiger partial charge in [-0.05, 0) is 250 Å². The van der Waals surface area contributed by atoms with Crippen molar-refractivity contribution in [2.45, 2.75) is 333 Å². The highest BCUT2D eigenvalue weighted by atomic mass is 32.1. The van der Waals surface area contributed by atoms with E-state index in [1.807, 2.05) is 72.1 Å². The van der Waals surface area contributed by atoms with Gasteiger partial charge in [0.1, 0.15) is 16.3 Å². The van der Waals surface area contributed by atoms with Gasteiger partial charge in [-0.15, -0.1) is 43.1 Å². The lowest BCUT2D eigenvalue weighted by molar-refractivity contribution is -0.137. The van der Waals surface area contributed by atoms with Gasteiger partial charge in [-0.3, -0.25) is 28.8 Å². The molecule has 6 amide bonds. The molecule has 120 heavy (non-hydrogen) atoms. The molecule has 660 valence electrons. The Morgan fingerprint density at radius 3 is 1.14 bits per heavy atom. The molecule has 14 aliphatic rings. The van der Waals surface area contributed by atoms with Crippen LogP contribution in [0.5, 0.6) is 0 Å². The maximum atomic E-state index is 12.9. The number of rotatable bonds is 18. The molecule has 6 saturated heterocycles. The van der Waals surface area contributed by atoms with Gasteiger partial charge in [0.05, 0.1) is 73.6 Å². The molecule has 4 aromatic heterocycles. The molecule has 12 fully saturated rings. The van der Waals surface area contributed by atoms with Crippen LogP contribution >= 0.6 is 22.7 Å². The molecule has 4 aromatic rings. The minimum atomic E-state index is -0.0754. The van der Waals surface area contributed by atoms with E-state index >= 15 is 0 Å². The maximum Gasteiger partial charge on any atom is 0.240 e.